The first kappa shape index (κ1) is 20.6. The molecule has 9 heteroatoms. The third-order valence-electron chi connectivity index (χ3n) is 4.13. The lowest BCUT2D eigenvalue weighted by Gasteiger charge is -2.16. The van der Waals surface area contributed by atoms with Gasteiger partial charge in [0.25, 0.3) is 5.91 Å². The molecule has 1 fully saturated rings. The molecule has 0 aliphatic carbocycles. The van der Waals surface area contributed by atoms with Crippen LogP contribution in [0.25, 0.3) is 0 Å². The van der Waals surface area contributed by atoms with E-state index >= 15 is 0 Å². The molecule has 1 aliphatic heterocycles. The van der Waals surface area contributed by atoms with E-state index in [1.807, 2.05) is 0 Å². The van der Waals surface area contributed by atoms with Gasteiger partial charge in [0.15, 0.2) is 6.61 Å². The molecule has 28 heavy (non-hydrogen) atoms. The van der Waals surface area contributed by atoms with Crippen molar-refractivity contribution in [3.63, 3.8) is 0 Å². The molecular formula is C19H15BrCl2N2O4. The zero-order valence-electron chi connectivity index (χ0n) is 14.5. The van der Waals surface area contributed by atoms with Gasteiger partial charge in [0.2, 0.25) is 5.91 Å². The van der Waals surface area contributed by atoms with Crippen molar-refractivity contribution in [3.05, 3.63) is 57.0 Å². The number of esters is 1. The van der Waals surface area contributed by atoms with Crippen molar-refractivity contribution in [1.29, 1.82) is 0 Å². The van der Waals surface area contributed by atoms with E-state index in [1.165, 1.54) is 4.90 Å². The average molecular weight is 486 g/mol. The van der Waals surface area contributed by atoms with E-state index < -0.39 is 24.4 Å². The summed E-state index contributed by atoms with van der Waals surface area (Å²) in [6.45, 7) is -0.286. The molecule has 1 aliphatic rings. The van der Waals surface area contributed by atoms with E-state index in [1.54, 1.807) is 42.5 Å². The number of rotatable bonds is 5. The maximum atomic E-state index is 12.3. The molecule has 0 bridgehead atoms. The predicted molar refractivity (Wildman–Crippen MR) is 111 cm³/mol. The van der Waals surface area contributed by atoms with Crippen LogP contribution in [0.4, 0.5) is 11.4 Å². The molecule has 1 heterocycles. The Morgan fingerprint density at radius 3 is 2.71 bits per heavy atom. The number of nitrogens with zero attached hydrogens (tertiary/aromatic N) is 1. The van der Waals surface area contributed by atoms with Crippen LogP contribution >= 0.6 is 39.1 Å². The quantitative estimate of drug-likeness (QED) is 0.641. The molecule has 146 valence electrons. The monoisotopic (exact) mass is 484 g/mol. The summed E-state index contributed by atoms with van der Waals surface area (Å²) in [5, 5.41) is 3.43. The van der Waals surface area contributed by atoms with Crippen molar-refractivity contribution in [2.24, 2.45) is 5.92 Å². The molecule has 0 unspecified atom stereocenters. The highest BCUT2D eigenvalue weighted by Gasteiger charge is 2.36. The van der Waals surface area contributed by atoms with Gasteiger partial charge >= 0.3 is 5.97 Å². The summed E-state index contributed by atoms with van der Waals surface area (Å²) < 4.78 is 5.85. The van der Waals surface area contributed by atoms with Gasteiger partial charge in [-0.2, -0.15) is 0 Å². The molecule has 0 radical (unpaired) electrons. The molecule has 2 aromatic rings. The number of benzene rings is 2. The lowest BCUT2D eigenvalue weighted by atomic mass is 10.1. The summed E-state index contributed by atoms with van der Waals surface area (Å²) in [5.41, 5.74) is 1.03. The molecule has 1 atom stereocenters. The van der Waals surface area contributed by atoms with Crippen molar-refractivity contribution >= 4 is 68.3 Å². The van der Waals surface area contributed by atoms with Gasteiger partial charge in [-0.25, -0.2) is 0 Å². The number of anilines is 2. The summed E-state index contributed by atoms with van der Waals surface area (Å²) in [5.74, 6) is -1.96. The van der Waals surface area contributed by atoms with E-state index in [4.69, 9.17) is 27.9 Å². The Balaban J connectivity index is 1.53. The topological polar surface area (TPSA) is 75.7 Å². The first-order valence-corrected chi connectivity index (χ1v) is 9.86. The Bertz CT molecular complexity index is 938. The highest BCUT2D eigenvalue weighted by Crippen LogP contribution is 2.28. The molecular weight excluding hydrogens is 471 g/mol. The number of hydrogen-bond donors (Lipinski definition) is 1. The molecule has 1 N–H and O–H groups in total. The molecule has 0 aromatic heterocycles. The minimum atomic E-state index is -0.643. The van der Waals surface area contributed by atoms with Crippen LogP contribution in [-0.2, 0) is 19.1 Å². The second-order valence-electron chi connectivity index (χ2n) is 6.17. The summed E-state index contributed by atoms with van der Waals surface area (Å²) in [6, 6.07) is 11.8. The number of halogens is 3. The Morgan fingerprint density at radius 1 is 1.21 bits per heavy atom. The van der Waals surface area contributed by atoms with Crippen LogP contribution in [-0.4, -0.2) is 30.9 Å². The van der Waals surface area contributed by atoms with Crippen LogP contribution in [0, 0.1) is 5.92 Å². The smallest absolute Gasteiger partial charge is 0.311 e. The highest BCUT2D eigenvalue weighted by molar-refractivity contribution is 9.10. The third kappa shape index (κ3) is 5.04. The van der Waals surface area contributed by atoms with Crippen LogP contribution in [0.1, 0.15) is 6.42 Å². The summed E-state index contributed by atoms with van der Waals surface area (Å²) in [7, 11) is 0. The van der Waals surface area contributed by atoms with Crippen LogP contribution in [0.2, 0.25) is 10.0 Å². The average Bonchev–Trinajstić information content (AvgIpc) is 3.04. The van der Waals surface area contributed by atoms with Crippen molar-refractivity contribution in [1.82, 2.24) is 0 Å². The lowest BCUT2D eigenvalue weighted by molar-refractivity contribution is -0.151. The second-order valence-corrected chi connectivity index (χ2v) is 7.92. The fraction of sp³-hybridized carbons (Fsp3) is 0.211. The number of amides is 2. The third-order valence-corrected chi connectivity index (χ3v) is 5.17. The van der Waals surface area contributed by atoms with Crippen molar-refractivity contribution in [3.8, 4) is 0 Å². The van der Waals surface area contributed by atoms with Crippen molar-refractivity contribution in [2.45, 2.75) is 6.42 Å². The SMILES string of the molecule is O=C(COC(=O)[C@H]1CC(=O)N(c2cccc(Cl)c2)C1)Nc1ccc(Br)cc1Cl. The number of ether oxygens (including phenoxy) is 1. The lowest BCUT2D eigenvalue weighted by Crippen LogP contribution is -2.28. The van der Waals surface area contributed by atoms with Gasteiger partial charge in [0.05, 0.1) is 16.6 Å². The minimum Gasteiger partial charge on any atom is -0.455 e. The molecule has 6 nitrogen and oxygen atoms in total. The van der Waals surface area contributed by atoms with E-state index in [0.29, 0.717) is 21.4 Å². The molecule has 3 rings (SSSR count). The molecule has 0 spiro atoms. The van der Waals surface area contributed by atoms with Crippen LogP contribution < -0.4 is 10.2 Å². The minimum absolute atomic E-state index is 0.0194. The zero-order chi connectivity index (χ0) is 20.3. The molecule has 2 amide bonds. The normalized spacial score (nSPS) is 16.2. The molecule has 0 saturated carbocycles. The molecule has 2 aromatic carbocycles. The van der Waals surface area contributed by atoms with E-state index in [2.05, 4.69) is 21.2 Å². The van der Waals surface area contributed by atoms with Crippen molar-refractivity contribution < 1.29 is 19.1 Å². The zero-order valence-corrected chi connectivity index (χ0v) is 17.6. The highest BCUT2D eigenvalue weighted by atomic mass is 79.9. The standard InChI is InChI=1S/C19H15BrCl2N2O4/c20-12-4-5-16(15(22)7-12)23-17(25)10-28-19(27)11-6-18(26)24(9-11)14-3-1-2-13(21)8-14/h1-5,7-8,11H,6,9-10H2,(H,23,25)/t11-/m0/s1. The Labute approximate surface area is 179 Å². The van der Waals surface area contributed by atoms with E-state index in [9.17, 15) is 14.4 Å². The van der Waals surface area contributed by atoms with Crippen LogP contribution in [0.15, 0.2) is 46.9 Å². The fourth-order valence-corrected chi connectivity index (χ4v) is 3.70. The van der Waals surface area contributed by atoms with Gasteiger partial charge in [-0.05, 0) is 36.4 Å². The first-order valence-electron chi connectivity index (χ1n) is 8.31. The summed E-state index contributed by atoms with van der Waals surface area (Å²) >= 11 is 15.3. The first-order chi connectivity index (χ1) is 13.3. The number of hydrogen-bond acceptors (Lipinski definition) is 4. The Hall–Kier alpha value is -2.09. The van der Waals surface area contributed by atoms with Gasteiger partial charge in [-0.15, -0.1) is 0 Å². The van der Waals surface area contributed by atoms with Gasteiger partial charge in [0, 0.05) is 28.1 Å². The fourth-order valence-electron chi connectivity index (χ4n) is 2.79. The maximum absolute atomic E-state index is 12.3. The Kier molecular flexibility index (Phi) is 6.59. The second kappa shape index (κ2) is 8.94. The van der Waals surface area contributed by atoms with Gasteiger partial charge in [0.1, 0.15) is 0 Å². The van der Waals surface area contributed by atoms with Crippen LogP contribution in [0.3, 0.4) is 0 Å². The Morgan fingerprint density at radius 2 is 2.00 bits per heavy atom. The summed E-state index contributed by atoms with van der Waals surface area (Å²) in [6.07, 6.45) is 0.0194. The predicted octanol–water partition coefficient (Wildman–Crippen LogP) is 4.29. The number of nitrogens with one attached hydrogen (secondary N) is 1. The van der Waals surface area contributed by atoms with E-state index in [-0.39, 0.29) is 18.9 Å². The number of carbonyl (C=O) groups excluding carboxylic acids is 3. The van der Waals surface area contributed by atoms with E-state index in [0.717, 1.165) is 4.47 Å². The molecule has 1 saturated heterocycles. The summed E-state index contributed by atoms with van der Waals surface area (Å²) in [4.78, 5) is 38.0. The van der Waals surface area contributed by atoms with Gasteiger partial charge in [-0.3, -0.25) is 14.4 Å². The van der Waals surface area contributed by atoms with Gasteiger partial charge < -0.3 is 15.0 Å². The number of carbonyl (C=O) groups is 3. The van der Waals surface area contributed by atoms with Crippen LogP contribution in [0.5, 0.6) is 0 Å². The van der Waals surface area contributed by atoms with Crippen molar-refractivity contribution in [2.75, 3.05) is 23.4 Å². The maximum Gasteiger partial charge on any atom is 0.311 e. The largest absolute Gasteiger partial charge is 0.455 e. The van der Waals surface area contributed by atoms with Gasteiger partial charge in [-0.1, -0.05) is 45.2 Å².